The number of nitrogens with one attached hydrogen (secondary N) is 2. The van der Waals surface area contributed by atoms with Crippen molar-refractivity contribution in [2.24, 2.45) is 5.41 Å². The van der Waals surface area contributed by atoms with Gasteiger partial charge in [0.15, 0.2) is 0 Å². The van der Waals surface area contributed by atoms with E-state index in [9.17, 15) is 9.59 Å². The summed E-state index contributed by atoms with van der Waals surface area (Å²) in [5, 5.41) is 14.0. The lowest BCUT2D eigenvalue weighted by Crippen LogP contribution is -2.45. The van der Waals surface area contributed by atoms with Gasteiger partial charge >= 0.3 is 0 Å². The monoisotopic (exact) mass is 422 g/mol. The molecule has 0 unspecified atom stereocenters. The Morgan fingerprint density at radius 3 is 2.67 bits per heavy atom. The van der Waals surface area contributed by atoms with E-state index >= 15 is 0 Å². The van der Waals surface area contributed by atoms with Crippen molar-refractivity contribution in [2.75, 3.05) is 19.6 Å². The SMILES string of the molecule is CCNC(=O)[C@@]1(Cc2ccc(-c3ccsc3)cc2)CCN(C(=O)c2cn[nH]c2C)C1. The Hall–Kier alpha value is -2.93. The molecule has 0 radical (unpaired) electrons. The first kappa shape index (κ1) is 20.3. The third-order valence-electron chi connectivity index (χ3n) is 5.87. The lowest BCUT2D eigenvalue weighted by molar-refractivity contribution is -0.130. The van der Waals surface area contributed by atoms with Crippen molar-refractivity contribution in [1.82, 2.24) is 20.4 Å². The zero-order valence-electron chi connectivity index (χ0n) is 17.3. The summed E-state index contributed by atoms with van der Waals surface area (Å²) >= 11 is 1.68. The van der Waals surface area contributed by atoms with Crippen LogP contribution in [0.15, 0.2) is 47.3 Å². The number of H-pyrrole nitrogens is 1. The van der Waals surface area contributed by atoms with Gasteiger partial charge in [-0.2, -0.15) is 16.4 Å². The molecule has 1 atom stereocenters. The molecule has 1 saturated heterocycles. The molecule has 0 bridgehead atoms. The highest BCUT2D eigenvalue weighted by Crippen LogP contribution is 2.36. The van der Waals surface area contributed by atoms with Crippen LogP contribution in [0.5, 0.6) is 0 Å². The van der Waals surface area contributed by atoms with Crippen LogP contribution >= 0.6 is 11.3 Å². The van der Waals surface area contributed by atoms with Gasteiger partial charge in [-0.05, 0) is 60.2 Å². The number of rotatable bonds is 6. The fraction of sp³-hybridized carbons (Fsp3) is 0.348. The van der Waals surface area contributed by atoms with Crippen LogP contribution in [0, 0.1) is 12.3 Å². The Kier molecular flexibility index (Phi) is 5.72. The zero-order valence-corrected chi connectivity index (χ0v) is 18.1. The fourth-order valence-electron chi connectivity index (χ4n) is 4.17. The highest BCUT2D eigenvalue weighted by molar-refractivity contribution is 7.08. The molecule has 7 heteroatoms. The molecule has 0 saturated carbocycles. The van der Waals surface area contributed by atoms with Gasteiger partial charge in [-0.3, -0.25) is 14.7 Å². The second-order valence-corrected chi connectivity index (χ2v) is 8.69. The number of hydrogen-bond acceptors (Lipinski definition) is 4. The number of amides is 2. The molecule has 156 valence electrons. The third-order valence-corrected chi connectivity index (χ3v) is 6.55. The maximum atomic E-state index is 13.1. The zero-order chi connectivity index (χ0) is 21.1. The van der Waals surface area contributed by atoms with Crippen molar-refractivity contribution in [3.63, 3.8) is 0 Å². The summed E-state index contributed by atoms with van der Waals surface area (Å²) in [7, 11) is 0. The summed E-state index contributed by atoms with van der Waals surface area (Å²) in [4.78, 5) is 27.8. The summed E-state index contributed by atoms with van der Waals surface area (Å²) in [6, 6.07) is 10.5. The average molecular weight is 423 g/mol. The molecule has 1 aromatic carbocycles. The minimum atomic E-state index is -0.618. The van der Waals surface area contributed by atoms with Gasteiger partial charge in [0.25, 0.3) is 5.91 Å². The molecular formula is C23H26N4O2S. The molecule has 0 aliphatic carbocycles. The van der Waals surface area contributed by atoms with E-state index in [0.717, 1.165) is 11.3 Å². The maximum Gasteiger partial charge on any atom is 0.257 e. The van der Waals surface area contributed by atoms with Crippen molar-refractivity contribution < 1.29 is 9.59 Å². The second kappa shape index (κ2) is 8.44. The molecule has 1 fully saturated rings. The lowest BCUT2D eigenvalue weighted by atomic mass is 9.79. The van der Waals surface area contributed by atoms with E-state index in [1.54, 1.807) is 22.4 Å². The number of hydrogen-bond donors (Lipinski definition) is 2. The molecule has 4 rings (SSSR count). The van der Waals surface area contributed by atoms with Crippen LogP contribution in [-0.4, -0.2) is 46.5 Å². The molecule has 3 aromatic rings. The maximum absolute atomic E-state index is 13.1. The van der Waals surface area contributed by atoms with E-state index in [1.807, 2.05) is 13.8 Å². The smallest absolute Gasteiger partial charge is 0.257 e. The summed E-state index contributed by atoms with van der Waals surface area (Å²) < 4.78 is 0. The van der Waals surface area contributed by atoms with E-state index in [0.29, 0.717) is 38.0 Å². The predicted molar refractivity (Wildman–Crippen MR) is 118 cm³/mol. The predicted octanol–water partition coefficient (Wildman–Crippen LogP) is 3.66. The Labute approximate surface area is 180 Å². The average Bonchev–Trinajstić information content (AvgIpc) is 3.50. The van der Waals surface area contributed by atoms with Crippen molar-refractivity contribution in [1.29, 1.82) is 0 Å². The number of nitrogens with zero attached hydrogens (tertiary/aromatic N) is 2. The van der Waals surface area contributed by atoms with Crippen LogP contribution in [0.2, 0.25) is 0 Å². The van der Waals surface area contributed by atoms with E-state index in [1.165, 1.54) is 11.1 Å². The van der Waals surface area contributed by atoms with Gasteiger partial charge < -0.3 is 10.2 Å². The molecule has 2 amide bonds. The van der Waals surface area contributed by atoms with Crippen molar-refractivity contribution in [2.45, 2.75) is 26.7 Å². The normalized spacial score (nSPS) is 18.5. The second-order valence-electron chi connectivity index (χ2n) is 7.91. The number of carbonyl (C=O) groups excluding carboxylic acids is 2. The number of aromatic nitrogens is 2. The standard InChI is InChI=1S/C23H26N4O2S/c1-3-24-22(29)23(9-10-27(15-23)21(28)20-13-25-26-16(20)2)12-17-4-6-18(7-5-17)19-8-11-30-14-19/h4-8,11,13-14H,3,9-10,12,15H2,1-2H3,(H,24,29)(H,25,26)/t23-/m1/s1. The van der Waals surface area contributed by atoms with Crippen LogP contribution in [0.4, 0.5) is 0 Å². The van der Waals surface area contributed by atoms with Crippen molar-refractivity contribution >= 4 is 23.2 Å². The van der Waals surface area contributed by atoms with Crippen LogP contribution in [0.25, 0.3) is 11.1 Å². The number of thiophene rings is 1. The molecule has 1 aliphatic rings. The Balaban J connectivity index is 1.55. The van der Waals surface area contributed by atoms with E-state index in [2.05, 4.69) is 56.6 Å². The molecule has 3 heterocycles. The third kappa shape index (κ3) is 3.89. The minimum Gasteiger partial charge on any atom is -0.356 e. The highest BCUT2D eigenvalue weighted by Gasteiger charge is 2.46. The number of aryl methyl sites for hydroxylation is 1. The minimum absolute atomic E-state index is 0.0196. The lowest BCUT2D eigenvalue weighted by Gasteiger charge is -2.28. The van der Waals surface area contributed by atoms with E-state index < -0.39 is 5.41 Å². The first-order chi connectivity index (χ1) is 14.5. The van der Waals surface area contributed by atoms with Gasteiger partial charge in [0.2, 0.25) is 5.91 Å². The molecule has 30 heavy (non-hydrogen) atoms. The number of aromatic amines is 1. The summed E-state index contributed by atoms with van der Waals surface area (Å²) in [6.45, 7) is 5.31. The molecular weight excluding hydrogens is 396 g/mol. The molecule has 2 N–H and O–H groups in total. The van der Waals surface area contributed by atoms with Gasteiger partial charge in [0.05, 0.1) is 17.2 Å². The summed E-state index contributed by atoms with van der Waals surface area (Å²) in [5.74, 6) is -0.0497. The van der Waals surface area contributed by atoms with Gasteiger partial charge in [-0.25, -0.2) is 0 Å². The summed E-state index contributed by atoms with van der Waals surface area (Å²) in [5.41, 5.74) is 4.19. The van der Waals surface area contributed by atoms with Gasteiger partial charge in [0.1, 0.15) is 0 Å². The van der Waals surface area contributed by atoms with E-state index in [-0.39, 0.29) is 11.8 Å². The Bertz CT molecular complexity index is 1030. The first-order valence-electron chi connectivity index (χ1n) is 10.2. The Morgan fingerprint density at radius 2 is 2.03 bits per heavy atom. The van der Waals surface area contributed by atoms with Crippen molar-refractivity contribution in [3.8, 4) is 11.1 Å². The fourth-order valence-corrected chi connectivity index (χ4v) is 4.84. The topological polar surface area (TPSA) is 78.1 Å². The largest absolute Gasteiger partial charge is 0.356 e. The van der Waals surface area contributed by atoms with Gasteiger partial charge in [-0.1, -0.05) is 24.3 Å². The first-order valence-corrected chi connectivity index (χ1v) is 11.2. The highest BCUT2D eigenvalue weighted by atomic mass is 32.1. The van der Waals surface area contributed by atoms with Gasteiger partial charge in [-0.15, -0.1) is 0 Å². The Morgan fingerprint density at radius 1 is 1.23 bits per heavy atom. The van der Waals surface area contributed by atoms with E-state index in [4.69, 9.17) is 0 Å². The van der Waals surface area contributed by atoms with Crippen LogP contribution in [0.1, 0.15) is 35.0 Å². The number of carbonyl (C=O) groups is 2. The summed E-state index contributed by atoms with van der Waals surface area (Å²) in [6.07, 6.45) is 2.82. The van der Waals surface area contributed by atoms with Crippen molar-refractivity contribution in [3.05, 3.63) is 64.1 Å². The molecule has 1 aliphatic heterocycles. The molecule has 0 spiro atoms. The molecule has 6 nitrogen and oxygen atoms in total. The number of benzene rings is 1. The van der Waals surface area contributed by atoms with Gasteiger partial charge in [0, 0.05) is 25.3 Å². The van der Waals surface area contributed by atoms with Crippen LogP contribution < -0.4 is 5.32 Å². The number of likely N-dealkylation sites (tertiary alicyclic amines) is 1. The van der Waals surface area contributed by atoms with Crippen LogP contribution in [0.3, 0.4) is 0 Å². The molecule has 2 aromatic heterocycles. The quantitative estimate of drug-likeness (QED) is 0.636. The van der Waals surface area contributed by atoms with Crippen LogP contribution in [-0.2, 0) is 11.2 Å².